The fraction of sp³-hybridized carbons (Fsp3) is 0.133. The number of ether oxygens (including phenoxy) is 1. The quantitative estimate of drug-likeness (QED) is 0.917. The van der Waals surface area contributed by atoms with E-state index in [9.17, 15) is 4.79 Å². The monoisotopic (exact) mass is 267 g/mol. The van der Waals surface area contributed by atoms with Gasteiger partial charge < -0.3 is 10.1 Å². The van der Waals surface area contributed by atoms with Crippen molar-refractivity contribution < 1.29 is 9.53 Å². The average molecular weight is 267 g/mol. The summed E-state index contributed by atoms with van der Waals surface area (Å²) < 4.78 is 5.12. The van der Waals surface area contributed by atoms with Crippen molar-refractivity contribution in [2.24, 2.45) is 0 Å². The fourth-order valence-electron chi connectivity index (χ4n) is 1.73. The second kappa shape index (κ2) is 6.34. The Morgan fingerprint density at radius 3 is 3.05 bits per heavy atom. The molecule has 2 aromatic rings. The van der Waals surface area contributed by atoms with Gasteiger partial charge in [-0.15, -0.1) is 0 Å². The molecule has 100 valence electrons. The molecule has 0 aliphatic carbocycles. The molecule has 1 aromatic heterocycles. The average Bonchev–Trinajstić information content (AvgIpc) is 2.52. The highest BCUT2D eigenvalue weighted by Crippen LogP contribution is 2.12. The summed E-state index contributed by atoms with van der Waals surface area (Å²) in [6.07, 6.45) is 2.87. The molecule has 0 radical (unpaired) electrons. The van der Waals surface area contributed by atoms with Crippen LogP contribution >= 0.6 is 0 Å². The molecule has 1 amide bonds. The van der Waals surface area contributed by atoms with E-state index in [4.69, 9.17) is 10.00 Å². The first-order valence-corrected chi connectivity index (χ1v) is 6.00. The van der Waals surface area contributed by atoms with Gasteiger partial charge in [0.1, 0.15) is 11.8 Å². The maximum Gasteiger partial charge on any atom is 0.254 e. The van der Waals surface area contributed by atoms with E-state index in [0.29, 0.717) is 12.1 Å². The van der Waals surface area contributed by atoms with Crippen LogP contribution in [0.25, 0.3) is 0 Å². The molecule has 0 saturated carbocycles. The number of rotatable bonds is 4. The molecule has 0 aliphatic rings. The number of methoxy groups -OCH3 is 1. The standard InChI is InChI=1S/C15H13N3O2/c1-20-13-4-2-3-11(7-13)9-18-15(19)14-10-17-6-5-12(14)8-16/h2-7,10H,9H2,1H3,(H,18,19). The van der Waals surface area contributed by atoms with Crippen molar-refractivity contribution in [1.29, 1.82) is 5.26 Å². The number of hydrogen-bond donors (Lipinski definition) is 1. The van der Waals surface area contributed by atoms with Crippen molar-refractivity contribution in [3.8, 4) is 11.8 Å². The lowest BCUT2D eigenvalue weighted by atomic mass is 10.1. The molecule has 1 N–H and O–H groups in total. The molecule has 2 rings (SSSR count). The number of carbonyl (C=O) groups is 1. The van der Waals surface area contributed by atoms with Gasteiger partial charge in [0.15, 0.2) is 0 Å². The van der Waals surface area contributed by atoms with Crippen molar-refractivity contribution in [3.63, 3.8) is 0 Å². The topological polar surface area (TPSA) is 75.0 Å². The summed E-state index contributed by atoms with van der Waals surface area (Å²) in [5.41, 5.74) is 1.50. The zero-order valence-electron chi connectivity index (χ0n) is 11.0. The minimum Gasteiger partial charge on any atom is -0.497 e. The molecule has 1 heterocycles. The molecule has 5 nitrogen and oxygen atoms in total. The third kappa shape index (κ3) is 3.12. The Bertz CT molecular complexity index is 662. The summed E-state index contributed by atoms with van der Waals surface area (Å²) in [6.45, 7) is 0.357. The minimum atomic E-state index is -0.322. The molecular weight excluding hydrogens is 254 g/mol. The maximum atomic E-state index is 12.0. The molecular formula is C15H13N3O2. The first-order valence-electron chi connectivity index (χ1n) is 6.00. The Morgan fingerprint density at radius 1 is 1.45 bits per heavy atom. The normalized spacial score (nSPS) is 9.60. The van der Waals surface area contributed by atoms with Crippen LogP contribution in [0, 0.1) is 11.3 Å². The van der Waals surface area contributed by atoms with E-state index >= 15 is 0 Å². The molecule has 0 bridgehead atoms. The van der Waals surface area contributed by atoms with E-state index in [1.165, 1.54) is 18.5 Å². The van der Waals surface area contributed by atoms with Gasteiger partial charge in [0.05, 0.1) is 18.2 Å². The van der Waals surface area contributed by atoms with Crippen LogP contribution in [0.3, 0.4) is 0 Å². The van der Waals surface area contributed by atoms with Gasteiger partial charge in [-0.25, -0.2) is 0 Å². The molecule has 0 aliphatic heterocycles. The van der Waals surface area contributed by atoms with E-state index in [0.717, 1.165) is 11.3 Å². The molecule has 0 spiro atoms. The van der Waals surface area contributed by atoms with Gasteiger partial charge in [-0.3, -0.25) is 9.78 Å². The largest absolute Gasteiger partial charge is 0.497 e. The SMILES string of the molecule is COc1cccc(CNC(=O)c2cnccc2C#N)c1. The van der Waals surface area contributed by atoms with E-state index < -0.39 is 0 Å². The predicted molar refractivity (Wildman–Crippen MR) is 73.1 cm³/mol. The van der Waals surface area contributed by atoms with Crippen molar-refractivity contribution >= 4 is 5.91 Å². The lowest BCUT2D eigenvalue weighted by Gasteiger charge is -2.07. The first kappa shape index (κ1) is 13.6. The highest BCUT2D eigenvalue weighted by Gasteiger charge is 2.10. The predicted octanol–water partition coefficient (Wildman–Crippen LogP) is 1.89. The van der Waals surface area contributed by atoms with Crippen LogP contribution in [0.1, 0.15) is 21.5 Å². The van der Waals surface area contributed by atoms with Crippen LogP contribution < -0.4 is 10.1 Å². The molecule has 0 saturated heterocycles. The van der Waals surface area contributed by atoms with E-state index in [-0.39, 0.29) is 11.5 Å². The van der Waals surface area contributed by atoms with Gasteiger partial charge in [0.2, 0.25) is 0 Å². The van der Waals surface area contributed by atoms with E-state index in [1.807, 2.05) is 30.3 Å². The minimum absolute atomic E-state index is 0.276. The number of nitrogens with one attached hydrogen (secondary N) is 1. The number of amides is 1. The Morgan fingerprint density at radius 2 is 2.30 bits per heavy atom. The van der Waals surface area contributed by atoms with E-state index in [2.05, 4.69) is 10.3 Å². The lowest BCUT2D eigenvalue weighted by molar-refractivity contribution is 0.0950. The second-order valence-corrected chi connectivity index (χ2v) is 4.07. The summed E-state index contributed by atoms with van der Waals surface area (Å²) in [4.78, 5) is 15.9. The smallest absolute Gasteiger partial charge is 0.254 e. The van der Waals surface area contributed by atoms with Gasteiger partial charge in [-0.2, -0.15) is 5.26 Å². The Kier molecular flexibility index (Phi) is 4.30. The zero-order chi connectivity index (χ0) is 14.4. The summed E-state index contributed by atoms with van der Waals surface area (Å²) in [5, 5.41) is 11.7. The number of aromatic nitrogens is 1. The van der Waals surface area contributed by atoms with Crippen LogP contribution in [-0.2, 0) is 6.54 Å². The number of carbonyl (C=O) groups excluding carboxylic acids is 1. The number of benzene rings is 1. The number of hydrogen-bond acceptors (Lipinski definition) is 4. The van der Waals surface area contributed by atoms with Crippen LogP contribution in [0.2, 0.25) is 0 Å². The molecule has 0 unspecified atom stereocenters. The maximum absolute atomic E-state index is 12.0. The van der Waals surface area contributed by atoms with Crippen molar-refractivity contribution in [3.05, 3.63) is 59.4 Å². The number of nitriles is 1. The number of pyridine rings is 1. The van der Waals surface area contributed by atoms with Crippen LogP contribution in [0.15, 0.2) is 42.7 Å². The summed E-state index contributed by atoms with van der Waals surface area (Å²) >= 11 is 0. The molecule has 0 atom stereocenters. The van der Waals surface area contributed by atoms with Gasteiger partial charge in [0.25, 0.3) is 5.91 Å². The lowest BCUT2D eigenvalue weighted by Crippen LogP contribution is -2.23. The summed E-state index contributed by atoms with van der Waals surface area (Å²) in [7, 11) is 1.59. The van der Waals surface area contributed by atoms with Gasteiger partial charge in [0, 0.05) is 18.9 Å². The van der Waals surface area contributed by atoms with Crippen LogP contribution in [-0.4, -0.2) is 18.0 Å². The van der Waals surface area contributed by atoms with Crippen molar-refractivity contribution in [2.45, 2.75) is 6.54 Å². The summed E-state index contributed by atoms with van der Waals surface area (Å²) in [5.74, 6) is 0.410. The van der Waals surface area contributed by atoms with Gasteiger partial charge in [-0.1, -0.05) is 12.1 Å². The van der Waals surface area contributed by atoms with Gasteiger partial charge in [-0.05, 0) is 23.8 Å². The Balaban J connectivity index is 2.07. The van der Waals surface area contributed by atoms with Crippen molar-refractivity contribution in [2.75, 3.05) is 7.11 Å². The Labute approximate surface area is 116 Å². The van der Waals surface area contributed by atoms with E-state index in [1.54, 1.807) is 7.11 Å². The third-order valence-electron chi connectivity index (χ3n) is 2.77. The molecule has 0 fully saturated rings. The van der Waals surface area contributed by atoms with Crippen LogP contribution in [0.4, 0.5) is 0 Å². The second-order valence-electron chi connectivity index (χ2n) is 4.07. The van der Waals surface area contributed by atoms with Crippen molar-refractivity contribution in [1.82, 2.24) is 10.3 Å². The van der Waals surface area contributed by atoms with Gasteiger partial charge >= 0.3 is 0 Å². The van der Waals surface area contributed by atoms with Crippen LogP contribution in [0.5, 0.6) is 5.75 Å². The molecule has 1 aromatic carbocycles. The Hall–Kier alpha value is -2.87. The first-order chi connectivity index (χ1) is 9.74. The zero-order valence-corrected chi connectivity index (χ0v) is 11.0. The highest BCUT2D eigenvalue weighted by molar-refractivity contribution is 5.96. The highest BCUT2D eigenvalue weighted by atomic mass is 16.5. The molecule has 20 heavy (non-hydrogen) atoms. The number of nitrogens with zero attached hydrogens (tertiary/aromatic N) is 2. The fourth-order valence-corrected chi connectivity index (χ4v) is 1.73. The third-order valence-corrected chi connectivity index (χ3v) is 2.77. The molecule has 5 heteroatoms. The summed E-state index contributed by atoms with van der Waals surface area (Å²) in [6, 6.07) is 10.9.